The molecule has 0 saturated carbocycles. The molecule has 0 fully saturated rings. The van der Waals surface area contributed by atoms with Gasteiger partial charge in [0.2, 0.25) is 0 Å². The lowest BCUT2D eigenvalue weighted by molar-refractivity contribution is -0.385. The summed E-state index contributed by atoms with van der Waals surface area (Å²) in [7, 11) is 0. The molecule has 0 unspecified atom stereocenters. The van der Waals surface area contributed by atoms with Crippen LogP contribution in [0.3, 0.4) is 0 Å². The van der Waals surface area contributed by atoms with Gasteiger partial charge in [-0.05, 0) is 19.9 Å². The van der Waals surface area contributed by atoms with Crippen LogP contribution in [0.25, 0.3) is 0 Å². The van der Waals surface area contributed by atoms with Gasteiger partial charge in [-0.1, -0.05) is 5.92 Å². The highest BCUT2D eigenvalue weighted by atomic mass is 19.1. The Balaban J connectivity index is 3.36. The summed E-state index contributed by atoms with van der Waals surface area (Å²) in [6, 6.07) is 3.35. The minimum atomic E-state index is -0.851. The summed E-state index contributed by atoms with van der Waals surface area (Å²) in [6.07, 6.45) is 5.25. The van der Waals surface area contributed by atoms with E-state index in [2.05, 4.69) is 5.92 Å². The first-order valence-corrected chi connectivity index (χ1v) is 4.30. The Bertz CT molecular complexity index is 446. The second-order valence-electron chi connectivity index (χ2n) is 3.69. The number of nitro groups is 1. The van der Waals surface area contributed by atoms with Crippen molar-refractivity contribution in [3.63, 3.8) is 0 Å². The van der Waals surface area contributed by atoms with Crippen molar-refractivity contribution in [3.05, 3.63) is 39.7 Å². The lowest BCUT2D eigenvalue weighted by Crippen LogP contribution is -2.16. The number of benzene rings is 1. The molecule has 4 heteroatoms. The van der Waals surface area contributed by atoms with E-state index in [0.29, 0.717) is 0 Å². The fraction of sp³-hybridized carbons (Fsp3) is 0.273. The van der Waals surface area contributed by atoms with Crippen LogP contribution in [0.2, 0.25) is 0 Å². The smallest absolute Gasteiger partial charge is 0.258 e. The Kier molecular flexibility index (Phi) is 2.76. The molecule has 0 spiro atoms. The van der Waals surface area contributed by atoms with E-state index in [1.807, 2.05) is 0 Å². The first-order valence-electron chi connectivity index (χ1n) is 4.30. The molecule has 78 valence electrons. The number of hydrogen-bond acceptors (Lipinski definition) is 2. The van der Waals surface area contributed by atoms with Crippen molar-refractivity contribution >= 4 is 5.69 Å². The minimum Gasteiger partial charge on any atom is -0.258 e. The van der Waals surface area contributed by atoms with Gasteiger partial charge in [-0.3, -0.25) is 10.1 Å². The van der Waals surface area contributed by atoms with E-state index < -0.39 is 16.2 Å². The van der Waals surface area contributed by atoms with E-state index in [1.54, 1.807) is 13.8 Å². The molecule has 1 aromatic rings. The number of halogens is 1. The average Bonchev–Trinajstić information content (AvgIpc) is 2.17. The molecular formula is C11H10FNO2. The van der Waals surface area contributed by atoms with Crippen molar-refractivity contribution < 1.29 is 9.31 Å². The van der Waals surface area contributed by atoms with Gasteiger partial charge in [-0.2, -0.15) is 0 Å². The number of hydrogen-bond donors (Lipinski definition) is 0. The summed E-state index contributed by atoms with van der Waals surface area (Å²) in [4.78, 5) is 9.94. The van der Waals surface area contributed by atoms with Crippen molar-refractivity contribution in [2.75, 3.05) is 0 Å². The second kappa shape index (κ2) is 3.70. The Morgan fingerprint density at radius 3 is 2.60 bits per heavy atom. The molecule has 15 heavy (non-hydrogen) atoms. The zero-order valence-electron chi connectivity index (χ0n) is 8.45. The average molecular weight is 207 g/mol. The van der Waals surface area contributed by atoms with Crippen LogP contribution >= 0.6 is 0 Å². The van der Waals surface area contributed by atoms with Crippen LogP contribution in [0.15, 0.2) is 18.2 Å². The van der Waals surface area contributed by atoms with Crippen LogP contribution in [0.5, 0.6) is 0 Å². The summed E-state index contributed by atoms with van der Waals surface area (Å²) in [5, 5.41) is 10.5. The number of rotatable bonds is 2. The monoisotopic (exact) mass is 207 g/mol. The van der Waals surface area contributed by atoms with Gasteiger partial charge in [0.1, 0.15) is 5.82 Å². The van der Waals surface area contributed by atoms with Gasteiger partial charge in [0, 0.05) is 17.7 Å². The van der Waals surface area contributed by atoms with Gasteiger partial charge in [0.15, 0.2) is 0 Å². The molecule has 0 N–H and O–H groups in total. The van der Waals surface area contributed by atoms with Gasteiger partial charge < -0.3 is 0 Å². The molecule has 0 radical (unpaired) electrons. The molecule has 0 aliphatic heterocycles. The van der Waals surface area contributed by atoms with Crippen LogP contribution in [0.4, 0.5) is 10.1 Å². The number of terminal acetylenes is 1. The largest absolute Gasteiger partial charge is 0.269 e. The molecule has 0 bridgehead atoms. The molecule has 0 aromatic heterocycles. The van der Waals surface area contributed by atoms with E-state index >= 15 is 0 Å². The molecule has 1 rings (SSSR count). The van der Waals surface area contributed by atoms with Crippen molar-refractivity contribution in [2.45, 2.75) is 19.3 Å². The minimum absolute atomic E-state index is 0.158. The van der Waals surface area contributed by atoms with Crippen molar-refractivity contribution in [1.29, 1.82) is 0 Å². The third kappa shape index (κ3) is 2.13. The van der Waals surface area contributed by atoms with E-state index in [4.69, 9.17) is 6.42 Å². The van der Waals surface area contributed by atoms with Gasteiger partial charge in [-0.15, -0.1) is 6.42 Å². The summed E-state index contributed by atoms with van der Waals surface area (Å²) in [5.41, 5.74) is -0.843. The predicted molar refractivity (Wildman–Crippen MR) is 54.9 cm³/mol. The van der Waals surface area contributed by atoms with E-state index in [9.17, 15) is 14.5 Å². The Morgan fingerprint density at radius 2 is 2.13 bits per heavy atom. The van der Waals surface area contributed by atoms with Crippen LogP contribution in [0.1, 0.15) is 19.4 Å². The Labute approximate surface area is 87.1 Å². The zero-order valence-corrected chi connectivity index (χ0v) is 8.45. The third-order valence-corrected chi connectivity index (χ3v) is 2.19. The summed E-state index contributed by atoms with van der Waals surface area (Å²) in [5.74, 6) is 1.88. The summed E-state index contributed by atoms with van der Waals surface area (Å²) in [6.45, 7) is 3.27. The first kappa shape index (κ1) is 11.2. The van der Waals surface area contributed by atoms with Crippen LogP contribution in [0, 0.1) is 28.3 Å². The van der Waals surface area contributed by atoms with E-state index in [-0.39, 0.29) is 11.3 Å². The molecule has 0 aliphatic carbocycles. The zero-order chi connectivity index (χ0) is 11.6. The Hall–Kier alpha value is -1.89. The van der Waals surface area contributed by atoms with E-state index in [1.165, 1.54) is 6.07 Å². The molecular weight excluding hydrogens is 197 g/mol. The van der Waals surface area contributed by atoms with Crippen LogP contribution in [-0.2, 0) is 5.41 Å². The molecule has 0 heterocycles. The normalized spacial score (nSPS) is 10.8. The highest BCUT2D eigenvalue weighted by Crippen LogP contribution is 2.28. The molecule has 3 nitrogen and oxygen atoms in total. The van der Waals surface area contributed by atoms with Crippen molar-refractivity contribution in [1.82, 2.24) is 0 Å². The van der Waals surface area contributed by atoms with Gasteiger partial charge >= 0.3 is 0 Å². The molecule has 0 atom stereocenters. The third-order valence-electron chi connectivity index (χ3n) is 2.19. The number of nitrogens with zero attached hydrogens (tertiary/aromatic N) is 1. The summed E-state index contributed by atoms with van der Waals surface area (Å²) < 4.78 is 13.4. The molecule has 0 saturated heterocycles. The molecule has 0 amide bonds. The van der Waals surface area contributed by atoms with Crippen molar-refractivity contribution in [3.8, 4) is 12.3 Å². The lowest BCUT2D eigenvalue weighted by Gasteiger charge is -2.18. The van der Waals surface area contributed by atoms with E-state index in [0.717, 1.165) is 12.1 Å². The summed E-state index contributed by atoms with van der Waals surface area (Å²) >= 11 is 0. The standard InChI is InChI=1S/C11H10FNO2/c1-4-11(2,3)9-7-8(13(14)15)5-6-10(9)12/h1,5-7H,2-3H3. The maximum Gasteiger partial charge on any atom is 0.269 e. The molecule has 1 aromatic carbocycles. The van der Waals surface area contributed by atoms with Crippen molar-refractivity contribution in [2.24, 2.45) is 0 Å². The SMILES string of the molecule is C#CC(C)(C)c1cc([N+](=O)[O-])ccc1F. The quantitative estimate of drug-likeness (QED) is 0.425. The number of non-ortho nitro benzene ring substituents is 1. The second-order valence-corrected chi connectivity index (χ2v) is 3.69. The van der Waals surface area contributed by atoms with Crippen LogP contribution in [-0.4, -0.2) is 4.92 Å². The number of nitro benzene ring substituents is 1. The highest BCUT2D eigenvalue weighted by molar-refractivity contribution is 5.42. The maximum absolute atomic E-state index is 13.4. The predicted octanol–water partition coefficient (Wildman–Crippen LogP) is 2.64. The lowest BCUT2D eigenvalue weighted by atomic mass is 9.85. The van der Waals surface area contributed by atoms with Gasteiger partial charge in [0.05, 0.1) is 10.3 Å². The first-order chi connectivity index (χ1) is 6.88. The topological polar surface area (TPSA) is 43.1 Å². The fourth-order valence-corrected chi connectivity index (χ4v) is 1.18. The van der Waals surface area contributed by atoms with Crippen LogP contribution < -0.4 is 0 Å². The van der Waals surface area contributed by atoms with Gasteiger partial charge in [-0.25, -0.2) is 4.39 Å². The fourth-order valence-electron chi connectivity index (χ4n) is 1.18. The Morgan fingerprint density at radius 1 is 1.53 bits per heavy atom. The highest BCUT2D eigenvalue weighted by Gasteiger charge is 2.24. The maximum atomic E-state index is 13.4. The van der Waals surface area contributed by atoms with Gasteiger partial charge in [0.25, 0.3) is 5.69 Å². The molecule has 0 aliphatic rings.